The fourth-order valence-corrected chi connectivity index (χ4v) is 3.00. The Morgan fingerprint density at radius 1 is 0.739 bits per heavy atom. The van der Waals surface area contributed by atoms with E-state index in [1.807, 2.05) is 36.4 Å². The first-order valence-corrected chi connectivity index (χ1v) is 7.74. The fourth-order valence-electron chi connectivity index (χ4n) is 2.42. The number of para-hydroxylation sites is 2. The Balaban J connectivity index is 1.80. The lowest BCUT2D eigenvalue weighted by atomic mass is 10.2. The van der Waals surface area contributed by atoms with Crippen molar-refractivity contribution >= 4 is 34.2 Å². The first-order valence-electron chi connectivity index (χ1n) is 6.99. The second kappa shape index (κ2) is 5.69. The van der Waals surface area contributed by atoms with Crippen molar-refractivity contribution in [2.45, 2.75) is 0 Å². The maximum absolute atomic E-state index is 6.23. The van der Waals surface area contributed by atoms with Gasteiger partial charge in [-0.05, 0) is 36.4 Å². The van der Waals surface area contributed by atoms with E-state index < -0.39 is 0 Å². The van der Waals surface area contributed by atoms with E-state index in [1.165, 1.54) is 0 Å². The Labute approximate surface area is 142 Å². The zero-order valence-corrected chi connectivity index (χ0v) is 13.3. The molecule has 2 aromatic heterocycles. The lowest BCUT2D eigenvalue weighted by Gasteiger charge is -2.03. The molecule has 0 aliphatic carbocycles. The normalized spacial score (nSPS) is 11.0. The fraction of sp³-hybridized carbons (Fsp3) is 0. The molecule has 4 aromatic rings. The van der Waals surface area contributed by atoms with Crippen molar-refractivity contribution in [3.8, 4) is 22.8 Å². The highest BCUT2D eigenvalue weighted by Crippen LogP contribution is 2.37. The Morgan fingerprint density at radius 3 is 2.22 bits per heavy atom. The third kappa shape index (κ3) is 2.58. The number of halogens is 2. The minimum Gasteiger partial charge on any atom is -0.454 e. The van der Waals surface area contributed by atoms with Crippen molar-refractivity contribution in [2.75, 3.05) is 0 Å². The maximum atomic E-state index is 6.23. The van der Waals surface area contributed by atoms with Gasteiger partial charge in [0.05, 0.1) is 32.8 Å². The molecule has 0 fully saturated rings. The van der Waals surface area contributed by atoms with E-state index in [-0.39, 0.29) is 0 Å². The van der Waals surface area contributed by atoms with Crippen LogP contribution in [0, 0.1) is 0 Å². The highest BCUT2D eigenvalue weighted by molar-refractivity contribution is 6.39. The van der Waals surface area contributed by atoms with Gasteiger partial charge in [0.15, 0.2) is 5.76 Å². The number of nitrogens with zero attached hydrogens (tertiary/aromatic N) is 2. The molecule has 0 aliphatic heterocycles. The summed E-state index contributed by atoms with van der Waals surface area (Å²) in [6.45, 7) is 0. The summed E-state index contributed by atoms with van der Waals surface area (Å²) >= 11 is 12.5. The Morgan fingerprint density at radius 2 is 1.43 bits per heavy atom. The minimum atomic E-state index is 0.544. The molecule has 23 heavy (non-hydrogen) atoms. The van der Waals surface area contributed by atoms with Crippen molar-refractivity contribution in [3.05, 3.63) is 70.8 Å². The Bertz CT molecular complexity index is 991. The van der Waals surface area contributed by atoms with Crippen LogP contribution in [0.5, 0.6) is 0 Å². The second-order valence-corrected chi connectivity index (χ2v) is 5.82. The van der Waals surface area contributed by atoms with Crippen LogP contribution < -0.4 is 0 Å². The standard InChI is InChI=1S/C18H10Cl2N2O/c19-11-4-3-5-12(20)18(11)17-9-8-16(23-17)15-10-21-13-6-1-2-7-14(13)22-15/h1-10H. The average molecular weight is 341 g/mol. The van der Waals surface area contributed by atoms with Crippen molar-refractivity contribution in [3.63, 3.8) is 0 Å². The predicted molar refractivity (Wildman–Crippen MR) is 92.7 cm³/mol. The lowest BCUT2D eigenvalue weighted by Crippen LogP contribution is -1.86. The van der Waals surface area contributed by atoms with Gasteiger partial charge in [-0.25, -0.2) is 4.98 Å². The SMILES string of the molecule is Clc1cccc(Cl)c1-c1ccc(-c2cnc3ccccc3n2)o1. The van der Waals surface area contributed by atoms with Gasteiger partial charge in [0.25, 0.3) is 0 Å². The van der Waals surface area contributed by atoms with Crippen LogP contribution in [0.4, 0.5) is 0 Å². The summed E-state index contributed by atoms with van der Waals surface area (Å²) in [6.07, 6.45) is 1.69. The van der Waals surface area contributed by atoms with Gasteiger partial charge in [0, 0.05) is 0 Å². The third-order valence-electron chi connectivity index (χ3n) is 3.52. The minimum absolute atomic E-state index is 0.544. The number of fused-ring (bicyclic) bond motifs is 1. The quantitative estimate of drug-likeness (QED) is 0.458. The molecular weight excluding hydrogens is 331 g/mol. The van der Waals surface area contributed by atoms with Crippen LogP contribution in [0.25, 0.3) is 33.8 Å². The highest BCUT2D eigenvalue weighted by Gasteiger charge is 2.14. The number of hydrogen-bond donors (Lipinski definition) is 0. The van der Waals surface area contributed by atoms with Crippen LogP contribution in [0.1, 0.15) is 0 Å². The molecule has 3 nitrogen and oxygen atoms in total. The smallest absolute Gasteiger partial charge is 0.154 e. The van der Waals surface area contributed by atoms with E-state index in [4.69, 9.17) is 27.6 Å². The maximum Gasteiger partial charge on any atom is 0.154 e. The van der Waals surface area contributed by atoms with E-state index >= 15 is 0 Å². The Kier molecular flexibility index (Phi) is 3.52. The van der Waals surface area contributed by atoms with Crippen molar-refractivity contribution in [1.82, 2.24) is 9.97 Å². The number of rotatable bonds is 2. The summed E-state index contributed by atoms with van der Waals surface area (Å²) < 4.78 is 5.89. The van der Waals surface area contributed by atoms with E-state index in [2.05, 4.69) is 9.97 Å². The molecule has 0 saturated heterocycles. The van der Waals surface area contributed by atoms with Gasteiger partial charge in [-0.1, -0.05) is 41.4 Å². The molecule has 0 atom stereocenters. The molecule has 2 heterocycles. The van der Waals surface area contributed by atoms with Gasteiger partial charge in [-0.3, -0.25) is 4.98 Å². The molecule has 112 valence electrons. The summed E-state index contributed by atoms with van der Waals surface area (Å²) in [7, 11) is 0. The molecule has 0 bridgehead atoms. The summed E-state index contributed by atoms with van der Waals surface area (Å²) in [5.74, 6) is 1.22. The second-order valence-electron chi connectivity index (χ2n) is 5.00. The molecule has 0 aliphatic rings. The lowest BCUT2D eigenvalue weighted by molar-refractivity contribution is 0.595. The van der Waals surface area contributed by atoms with Crippen molar-refractivity contribution in [2.24, 2.45) is 0 Å². The molecule has 0 spiro atoms. The van der Waals surface area contributed by atoms with Gasteiger partial charge in [-0.2, -0.15) is 0 Å². The molecule has 0 saturated carbocycles. The van der Waals surface area contributed by atoms with Crippen LogP contribution in [0.15, 0.2) is 65.2 Å². The highest BCUT2D eigenvalue weighted by atomic mass is 35.5. The summed E-state index contributed by atoms with van der Waals surface area (Å²) in [4.78, 5) is 8.98. The summed E-state index contributed by atoms with van der Waals surface area (Å²) in [5, 5.41) is 1.09. The number of hydrogen-bond acceptors (Lipinski definition) is 3. The molecule has 2 aromatic carbocycles. The molecule has 4 rings (SSSR count). The average Bonchev–Trinajstić information content (AvgIpc) is 3.04. The van der Waals surface area contributed by atoms with E-state index in [9.17, 15) is 0 Å². The van der Waals surface area contributed by atoms with Gasteiger partial charge in [0.2, 0.25) is 0 Å². The summed E-state index contributed by atoms with van der Waals surface area (Å²) in [5.41, 5.74) is 3.00. The monoisotopic (exact) mass is 340 g/mol. The predicted octanol–water partition coefficient (Wildman–Crippen LogP) is 5.86. The molecular formula is C18H10Cl2N2O. The first kappa shape index (κ1) is 14.2. The zero-order chi connectivity index (χ0) is 15.8. The number of aromatic nitrogens is 2. The number of benzene rings is 2. The van der Waals surface area contributed by atoms with Gasteiger partial charge in [-0.15, -0.1) is 0 Å². The van der Waals surface area contributed by atoms with Crippen molar-refractivity contribution in [1.29, 1.82) is 0 Å². The van der Waals surface area contributed by atoms with Crippen LogP contribution in [-0.4, -0.2) is 9.97 Å². The van der Waals surface area contributed by atoms with Gasteiger partial charge >= 0.3 is 0 Å². The van der Waals surface area contributed by atoms with Crippen LogP contribution >= 0.6 is 23.2 Å². The number of furan rings is 1. The third-order valence-corrected chi connectivity index (χ3v) is 4.15. The molecule has 0 amide bonds. The van der Waals surface area contributed by atoms with E-state index in [1.54, 1.807) is 24.4 Å². The summed E-state index contributed by atoms with van der Waals surface area (Å²) in [6, 6.07) is 16.7. The van der Waals surface area contributed by atoms with Crippen molar-refractivity contribution < 1.29 is 4.42 Å². The zero-order valence-electron chi connectivity index (χ0n) is 11.8. The van der Waals surface area contributed by atoms with Crippen LogP contribution in [0.3, 0.4) is 0 Å². The van der Waals surface area contributed by atoms with Crippen LogP contribution in [0.2, 0.25) is 10.0 Å². The Hall–Kier alpha value is -2.36. The molecule has 0 N–H and O–H groups in total. The first-order chi connectivity index (χ1) is 11.2. The van der Waals surface area contributed by atoms with Gasteiger partial charge in [0.1, 0.15) is 11.5 Å². The molecule has 0 radical (unpaired) electrons. The molecule has 0 unspecified atom stereocenters. The van der Waals surface area contributed by atoms with Gasteiger partial charge < -0.3 is 4.42 Å². The van der Waals surface area contributed by atoms with E-state index in [0.29, 0.717) is 32.8 Å². The topological polar surface area (TPSA) is 38.9 Å². The van der Waals surface area contributed by atoms with Crippen LogP contribution in [-0.2, 0) is 0 Å². The molecule has 5 heteroatoms. The largest absolute Gasteiger partial charge is 0.454 e. The van der Waals surface area contributed by atoms with E-state index in [0.717, 1.165) is 11.0 Å².